The molecule has 1 N–H and O–H groups in total. The number of nitrogens with zero attached hydrogens (tertiary/aromatic N) is 2. The van der Waals surface area contributed by atoms with Gasteiger partial charge in [-0.25, -0.2) is 4.39 Å². The lowest BCUT2D eigenvalue weighted by atomic mass is 10.1. The zero-order chi connectivity index (χ0) is 22.4. The summed E-state index contributed by atoms with van der Waals surface area (Å²) in [6.07, 6.45) is 1.42. The van der Waals surface area contributed by atoms with Crippen LogP contribution >= 0.6 is 0 Å². The van der Waals surface area contributed by atoms with Gasteiger partial charge in [0.25, 0.3) is 11.8 Å². The Labute approximate surface area is 181 Å². The molecule has 0 fully saturated rings. The molecule has 3 rings (SSSR count). The minimum Gasteiger partial charge on any atom is -0.459 e. The number of nitrogens with one attached hydrogen (secondary N) is 1. The van der Waals surface area contributed by atoms with Gasteiger partial charge in [-0.2, -0.15) is 0 Å². The number of likely N-dealkylation sites (N-methyl/N-ethyl adjacent to an activating group) is 1. The highest BCUT2D eigenvalue weighted by atomic mass is 19.1. The number of anilines is 1. The molecule has 0 atom stereocenters. The fraction of sp³-hybridized carbons (Fsp3) is 0.250. The molecule has 0 saturated carbocycles. The Morgan fingerprint density at radius 3 is 2.48 bits per heavy atom. The molecular weight excluding hydrogens is 397 g/mol. The predicted molar refractivity (Wildman–Crippen MR) is 118 cm³/mol. The molecule has 162 valence electrons. The van der Waals surface area contributed by atoms with E-state index in [-0.39, 0.29) is 24.0 Å². The number of amides is 2. The summed E-state index contributed by atoms with van der Waals surface area (Å²) >= 11 is 0. The first-order chi connectivity index (χ1) is 14.8. The number of carbonyl (C=O) groups excluding carboxylic acids is 2. The first kappa shape index (κ1) is 22.2. The quantitative estimate of drug-likeness (QED) is 0.590. The molecule has 0 bridgehead atoms. The molecule has 1 heterocycles. The topological polar surface area (TPSA) is 65.8 Å². The Bertz CT molecular complexity index is 1050. The van der Waals surface area contributed by atoms with Crippen molar-refractivity contribution in [1.29, 1.82) is 0 Å². The number of rotatable bonds is 8. The molecule has 2 aromatic carbocycles. The van der Waals surface area contributed by atoms with Gasteiger partial charge in [-0.1, -0.05) is 24.3 Å². The number of carbonyl (C=O) groups is 2. The fourth-order valence-corrected chi connectivity index (χ4v) is 3.07. The Hall–Kier alpha value is -3.45. The van der Waals surface area contributed by atoms with E-state index < -0.39 is 5.91 Å². The van der Waals surface area contributed by atoms with Crippen molar-refractivity contribution >= 4 is 17.5 Å². The number of furan rings is 1. The Morgan fingerprint density at radius 1 is 1.03 bits per heavy atom. The largest absolute Gasteiger partial charge is 0.459 e. The van der Waals surface area contributed by atoms with Gasteiger partial charge in [0.2, 0.25) is 0 Å². The first-order valence-electron chi connectivity index (χ1n) is 9.98. The Kier molecular flexibility index (Phi) is 7.20. The average molecular weight is 423 g/mol. The van der Waals surface area contributed by atoms with Gasteiger partial charge in [0, 0.05) is 36.4 Å². The highest BCUT2D eigenvalue weighted by Crippen LogP contribution is 2.21. The smallest absolute Gasteiger partial charge is 0.291 e. The third kappa shape index (κ3) is 5.79. The Balaban J connectivity index is 1.84. The van der Waals surface area contributed by atoms with E-state index in [0.29, 0.717) is 29.9 Å². The van der Waals surface area contributed by atoms with Gasteiger partial charge in [0.05, 0.1) is 6.26 Å². The van der Waals surface area contributed by atoms with E-state index >= 15 is 0 Å². The van der Waals surface area contributed by atoms with Crippen LogP contribution in [0.25, 0.3) is 0 Å². The van der Waals surface area contributed by atoms with Crippen LogP contribution in [0, 0.1) is 12.7 Å². The van der Waals surface area contributed by atoms with Crippen LogP contribution in [-0.4, -0.2) is 48.8 Å². The zero-order valence-electron chi connectivity index (χ0n) is 17.9. The van der Waals surface area contributed by atoms with Crippen LogP contribution in [0.3, 0.4) is 0 Å². The van der Waals surface area contributed by atoms with Crippen molar-refractivity contribution < 1.29 is 18.4 Å². The molecule has 6 nitrogen and oxygen atoms in total. The fourth-order valence-electron chi connectivity index (χ4n) is 3.07. The molecule has 0 spiro atoms. The normalized spacial score (nSPS) is 10.9. The molecule has 0 aliphatic heterocycles. The van der Waals surface area contributed by atoms with E-state index in [2.05, 4.69) is 5.32 Å². The molecular formula is C24H26FN3O3. The van der Waals surface area contributed by atoms with E-state index in [1.807, 2.05) is 25.9 Å². The van der Waals surface area contributed by atoms with Crippen LogP contribution in [0.4, 0.5) is 10.1 Å². The van der Waals surface area contributed by atoms with Crippen LogP contribution in [0.1, 0.15) is 32.0 Å². The number of hydrogen-bond donors (Lipinski definition) is 1. The molecule has 1 aromatic heterocycles. The SMILES string of the molecule is Cc1ccc(C(=O)N(CCN(C)C)Cc2ccccc2F)cc1NC(=O)c1ccco1. The summed E-state index contributed by atoms with van der Waals surface area (Å²) < 4.78 is 19.3. The van der Waals surface area contributed by atoms with E-state index in [4.69, 9.17) is 4.42 Å². The van der Waals surface area contributed by atoms with Gasteiger partial charge in [0.15, 0.2) is 5.76 Å². The average Bonchev–Trinajstić information content (AvgIpc) is 3.28. The molecule has 7 heteroatoms. The summed E-state index contributed by atoms with van der Waals surface area (Å²) in [5, 5.41) is 2.78. The van der Waals surface area contributed by atoms with Crippen LogP contribution in [0.15, 0.2) is 65.3 Å². The van der Waals surface area contributed by atoms with Gasteiger partial charge < -0.3 is 19.5 Å². The van der Waals surface area contributed by atoms with Crippen LogP contribution in [-0.2, 0) is 6.54 Å². The summed E-state index contributed by atoms with van der Waals surface area (Å²) in [5.74, 6) is -0.795. The van der Waals surface area contributed by atoms with E-state index in [9.17, 15) is 14.0 Å². The summed E-state index contributed by atoms with van der Waals surface area (Å²) in [4.78, 5) is 29.2. The molecule has 2 amide bonds. The van der Waals surface area contributed by atoms with Crippen molar-refractivity contribution in [2.24, 2.45) is 0 Å². The molecule has 3 aromatic rings. The standard InChI is InChI=1S/C24H26FN3O3/c1-17-10-11-18(15-21(17)26-23(29)22-9-6-14-31-22)24(30)28(13-12-27(2)3)16-19-7-4-5-8-20(19)25/h4-11,14-15H,12-13,16H2,1-3H3,(H,26,29). The number of halogens is 1. The van der Waals surface area contributed by atoms with Crippen LogP contribution in [0.2, 0.25) is 0 Å². The number of benzene rings is 2. The summed E-state index contributed by atoms with van der Waals surface area (Å²) in [6, 6.07) is 14.8. The van der Waals surface area contributed by atoms with Gasteiger partial charge in [-0.05, 0) is 56.9 Å². The summed E-state index contributed by atoms with van der Waals surface area (Å²) in [7, 11) is 3.83. The minimum atomic E-state index is -0.395. The van der Waals surface area contributed by atoms with Crippen molar-refractivity contribution in [2.75, 3.05) is 32.5 Å². The third-order valence-corrected chi connectivity index (χ3v) is 4.90. The van der Waals surface area contributed by atoms with E-state index in [1.165, 1.54) is 12.3 Å². The number of hydrogen-bond acceptors (Lipinski definition) is 4. The molecule has 0 saturated heterocycles. The minimum absolute atomic E-state index is 0.154. The molecule has 0 aliphatic rings. The molecule has 0 radical (unpaired) electrons. The van der Waals surface area contributed by atoms with E-state index in [0.717, 1.165) is 5.56 Å². The monoisotopic (exact) mass is 423 g/mol. The van der Waals surface area contributed by atoms with Gasteiger partial charge >= 0.3 is 0 Å². The second-order valence-corrected chi connectivity index (χ2v) is 7.58. The lowest BCUT2D eigenvalue weighted by molar-refractivity contribution is 0.0730. The van der Waals surface area contributed by atoms with Crippen LogP contribution in [0.5, 0.6) is 0 Å². The maximum Gasteiger partial charge on any atom is 0.291 e. The lowest BCUT2D eigenvalue weighted by Gasteiger charge is -2.25. The highest BCUT2D eigenvalue weighted by molar-refractivity contribution is 6.03. The van der Waals surface area contributed by atoms with Gasteiger partial charge in [-0.15, -0.1) is 0 Å². The van der Waals surface area contributed by atoms with Crippen molar-refractivity contribution in [3.8, 4) is 0 Å². The van der Waals surface area contributed by atoms with E-state index in [1.54, 1.807) is 53.4 Å². The van der Waals surface area contributed by atoms with Gasteiger partial charge in [-0.3, -0.25) is 9.59 Å². The van der Waals surface area contributed by atoms with Crippen molar-refractivity contribution in [3.63, 3.8) is 0 Å². The lowest BCUT2D eigenvalue weighted by Crippen LogP contribution is -2.36. The highest BCUT2D eigenvalue weighted by Gasteiger charge is 2.19. The van der Waals surface area contributed by atoms with Crippen molar-refractivity contribution in [3.05, 3.63) is 89.1 Å². The first-order valence-corrected chi connectivity index (χ1v) is 9.98. The second-order valence-electron chi connectivity index (χ2n) is 7.58. The molecule has 31 heavy (non-hydrogen) atoms. The Morgan fingerprint density at radius 2 is 1.81 bits per heavy atom. The zero-order valence-corrected chi connectivity index (χ0v) is 17.9. The van der Waals surface area contributed by atoms with Crippen LogP contribution < -0.4 is 5.32 Å². The maximum atomic E-state index is 14.2. The maximum absolute atomic E-state index is 14.2. The molecule has 0 unspecified atom stereocenters. The number of aryl methyl sites for hydroxylation is 1. The van der Waals surface area contributed by atoms with Crippen molar-refractivity contribution in [2.45, 2.75) is 13.5 Å². The second kappa shape index (κ2) is 10.0. The summed E-state index contributed by atoms with van der Waals surface area (Å²) in [6.45, 7) is 3.06. The van der Waals surface area contributed by atoms with Crippen molar-refractivity contribution in [1.82, 2.24) is 9.80 Å². The van der Waals surface area contributed by atoms with Gasteiger partial charge in [0.1, 0.15) is 5.82 Å². The third-order valence-electron chi connectivity index (χ3n) is 4.90. The molecule has 0 aliphatic carbocycles. The predicted octanol–water partition coefficient (Wildman–Crippen LogP) is 4.18. The summed E-state index contributed by atoms with van der Waals surface area (Å²) in [5.41, 5.74) is 2.19.